The summed E-state index contributed by atoms with van der Waals surface area (Å²) in [4.78, 5) is 0. The number of hydrogen-bond donors (Lipinski definition) is 1. The van der Waals surface area contributed by atoms with Crippen LogP contribution >= 0.6 is 0 Å². The van der Waals surface area contributed by atoms with Crippen LogP contribution in [0.2, 0.25) is 0 Å². The molecule has 1 unspecified atom stereocenters. The van der Waals surface area contributed by atoms with Gasteiger partial charge in [0.15, 0.2) is 0 Å². The molecule has 3 aromatic rings. The molecule has 0 bridgehead atoms. The summed E-state index contributed by atoms with van der Waals surface area (Å²) in [5, 5.41) is 10.9. The number of methoxy groups -OCH3 is 2. The van der Waals surface area contributed by atoms with Gasteiger partial charge in [-0.1, -0.05) is 131 Å². The zero-order valence-electron chi connectivity index (χ0n) is 28.2. The molecule has 0 aliphatic carbocycles. The Balaban J connectivity index is 1.48. The topological polar surface area (TPSA) is 47.9 Å². The number of hydrogen-bond acceptors (Lipinski definition) is 4. The summed E-state index contributed by atoms with van der Waals surface area (Å²) < 4.78 is 17.8. The van der Waals surface area contributed by atoms with Gasteiger partial charge in [-0.2, -0.15) is 0 Å². The minimum absolute atomic E-state index is 0.380. The second-order valence-corrected chi connectivity index (χ2v) is 12.2. The SMILES string of the molecule is CCCCCCCCC=CCCCCCCCC(O)CCOC(c1ccccc1)(c1ccc(OC)cc1)c1ccc(OC)cc1. The number of benzene rings is 3. The number of rotatable bonds is 24. The van der Waals surface area contributed by atoms with Crippen molar-refractivity contribution in [3.05, 3.63) is 108 Å². The molecule has 1 N–H and O–H groups in total. The zero-order chi connectivity index (χ0) is 32.0. The summed E-state index contributed by atoms with van der Waals surface area (Å²) in [6, 6.07) is 26.5. The Labute approximate surface area is 273 Å². The maximum atomic E-state index is 10.9. The van der Waals surface area contributed by atoms with E-state index in [1.165, 1.54) is 77.0 Å². The monoisotopic (exact) mass is 614 g/mol. The third kappa shape index (κ3) is 12.3. The summed E-state index contributed by atoms with van der Waals surface area (Å²) in [5.41, 5.74) is 2.20. The van der Waals surface area contributed by atoms with Crippen molar-refractivity contribution < 1.29 is 19.3 Å². The van der Waals surface area contributed by atoms with E-state index in [-0.39, 0.29) is 6.10 Å². The number of aliphatic hydroxyl groups excluding tert-OH is 1. The van der Waals surface area contributed by atoms with Crippen LogP contribution in [-0.2, 0) is 10.3 Å². The highest BCUT2D eigenvalue weighted by molar-refractivity contribution is 5.49. The van der Waals surface area contributed by atoms with E-state index in [4.69, 9.17) is 14.2 Å². The molecule has 246 valence electrons. The predicted molar refractivity (Wildman–Crippen MR) is 188 cm³/mol. The largest absolute Gasteiger partial charge is 0.497 e. The lowest BCUT2D eigenvalue weighted by atomic mass is 9.80. The highest BCUT2D eigenvalue weighted by Crippen LogP contribution is 2.41. The first-order valence-corrected chi connectivity index (χ1v) is 17.5. The second kappa shape index (κ2) is 21.6. The van der Waals surface area contributed by atoms with Crippen LogP contribution in [0.25, 0.3) is 0 Å². The molecule has 0 aromatic heterocycles. The minimum atomic E-state index is -0.845. The lowest BCUT2D eigenvalue weighted by molar-refractivity contribution is -0.00664. The molecule has 4 heteroatoms. The van der Waals surface area contributed by atoms with Crippen molar-refractivity contribution in [2.24, 2.45) is 0 Å². The Bertz CT molecular complexity index is 1120. The van der Waals surface area contributed by atoms with Crippen LogP contribution in [0.4, 0.5) is 0 Å². The van der Waals surface area contributed by atoms with Gasteiger partial charge in [0.1, 0.15) is 17.1 Å². The molecule has 0 spiro atoms. The van der Waals surface area contributed by atoms with Gasteiger partial charge >= 0.3 is 0 Å². The highest BCUT2D eigenvalue weighted by Gasteiger charge is 2.37. The number of ether oxygens (including phenoxy) is 3. The number of aliphatic hydroxyl groups is 1. The molecular weight excluding hydrogens is 556 g/mol. The summed E-state index contributed by atoms with van der Waals surface area (Å²) >= 11 is 0. The van der Waals surface area contributed by atoms with Crippen LogP contribution in [0.3, 0.4) is 0 Å². The van der Waals surface area contributed by atoms with Crippen molar-refractivity contribution in [1.82, 2.24) is 0 Å². The van der Waals surface area contributed by atoms with E-state index in [1.807, 2.05) is 42.5 Å². The standard InChI is InChI=1S/C41H58O4/c1-4-5-6-7-8-9-10-11-12-13-14-15-16-17-21-24-38(42)33-34-45-41(35-22-19-18-20-23-35,36-25-29-39(43-2)30-26-36)37-27-31-40(44-3)32-28-37/h11-12,18-20,22-23,25-32,38,42H,4-10,13-17,21,24,33-34H2,1-3H3. The van der Waals surface area contributed by atoms with Gasteiger partial charge in [-0.05, 0) is 79.5 Å². The molecule has 0 aliphatic heterocycles. The Hall–Kier alpha value is -3.08. The van der Waals surface area contributed by atoms with Gasteiger partial charge < -0.3 is 19.3 Å². The molecule has 0 saturated carbocycles. The van der Waals surface area contributed by atoms with Crippen molar-refractivity contribution in [3.63, 3.8) is 0 Å². The summed E-state index contributed by atoms with van der Waals surface area (Å²) in [6.07, 6.45) is 22.4. The smallest absolute Gasteiger partial charge is 0.143 e. The maximum absolute atomic E-state index is 10.9. The Morgan fingerprint density at radius 1 is 0.578 bits per heavy atom. The third-order valence-electron chi connectivity index (χ3n) is 8.74. The normalized spacial score (nSPS) is 12.4. The van der Waals surface area contributed by atoms with Crippen LogP contribution in [0.5, 0.6) is 11.5 Å². The van der Waals surface area contributed by atoms with Gasteiger partial charge in [0.05, 0.1) is 26.9 Å². The first kappa shape index (κ1) is 36.4. The quantitative estimate of drug-likeness (QED) is 0.0619. The second-order valence-electron chi connectivity index (χ2n) is 12.2. The molecule has 3 rings (SSSR count). The molecule has 0 fully saturated rings. The van der Waals surface area contributed by atoms with E-state index in [1.54, 1.807) is 14.2 Å². The highest BCUT2D eigenvalue weighted by atomic mass is 16.5. The van der Waals surface area contributed by atoms with Gasteiger partial charge in [-0.25, -0.2) is 0 Å². The predicted octanol–water partition coefficient (Wildman–Crippen LogP) is 10.8. The van der Waals surface area contributed by atoms with Crippen LogP contribution < -0.4 is 9.47 Å². The van der Waals surface area contributed by atoms with Crippen molar-refractivity contribution in [2.45, 2.75) is 115 Å². The van der Waals surface area contributed by atoms with Gasteiger partial charge in [-0.3, -0.25) is 0 Å². The first-order valence-electron chi connectivity index (χ1n) is 17.5. The molecule has 0 aliphatic rings. The van der Waals surface area contributed by atoms with Gasteiger partial charge in [0.2, 0.25) is 0 Å². The molecule has 0 radical (unpaired) electrons. The third-order valence-corrected chi connectivity index (χ3v) is 8.74. The first-order chi connectivity index (χ1) is 22.1. The molecule has 45 heavy (non-hydrogen) atoms. The van der Waals surface area contributed by atoms with E-state index in [0.717, 1.165) is 41.0 Å². The lowest BCUT2D eigenvalue weighted by Gasteiger charge is -2.36. The van der Waals surface area contributed by atoms with Gasteiger partial charge in [-0.15, -0.1) is 0 Å². The van der Waals surface area contributed by atoms with Crippen molar-refractivity contribution in [3.8, 4) is 11.5 Å². The van der Waals surface area contributed by atoms with E-state index in [2.05, 4.69) is 55.5 Å². The molecular formula is C41H58O4. The Morgan fingerprint density at radius 3 is 1.56 bits per heavy atom. The van der Waals surface area contributed by atoms with Crippen LogP contribution in [0.15, 0.2) is 91.0 Å². The van der Waals surface area contributed by atoms with Crippen molar-refractivity contribution in [1.29, 1.82) is 0 Å². The van der Waals surface area contributed by atoms with Crippen LogP contribution in [-0.4, -0.2) is 32.0 Å². The molecule has 0 amide bonds. The molecule has 1 atom stereocenters. The van der Waals surface area contributed by atoms with E-state index >= 15 is 0 Å². The van der Waals surface area contributed by atoms with Gasteiger partial charge in [0.25, 0.3) is 0 Å². The molecule has 3 aromatic carbocycles. The molecule has 4 nitrogen and oxygen atoms in total. The van der Waals surface area contributed by atoms with Crippen LogP contribution in [0.1, 0.15) is 120 Å². The molecule has 0 heterocycles. The fourth-order valence-corrected chi connectivity index (χ4v) is 6.02. The maximum Gasteiger partial charge on any atom is 0.143 e. The van der Waals surface area contributed by atoms with Crippen molar-refractivity contribution >= 4 is 0 Å². The summed E-state index contributed by atoms with van der Waals surface area (Å²) in [7, 11) is 3.35. The zero-order valence-corrected chi connectivity index (χ0v) is 28.2. The summed E-state index contributed by atoms with van der Waals surface area (Å²) in [6.45, 7) is 2.70. The van der Waals surface area contributed by atoms with E-state index < -0.39 is 5.60 Å². The summed E-state index contributed by atoms with van der Waals surface area (Å²) in [5.74, 6) is 1.59. The Morgan fingerprint density at radius 2 is 1.04 bits per heavy atom. The van der Waals surface area contributed by atoms with E-state index in [9.17, 15) is 5.11 Å². The average Bonchev–Trinajstić information content (AvgIpc) is 3.09. The van der Waals surface area contributed by atoms with Crippen molar-refractivity contribution in [2.75, 3.05) is 20.8 Å². The number of allylic oxidation sites excluding steroid dienone is 2. The van der Waals surface area contributed by atoms with E-state index in [0.29, 0.717) is 13.0 Å². The van der Waals surface area contributed by atoms with Crippen LogP contribution in [0, 0.1) is 0 Å². The molecule has 0 saturated heterocycles. The minimum Gasteiger partial charge on any atom is -0.497 e. The fourth-order valence-electron chi connectivity index (χ4n) is 6.02. The lowest BCUT2D eigenvalue weighted by Crippen LogP contribution is -2.34. The number of unbranched alkanes of at least 4 members (excludes halogenated alkanes) is 11. The average molecular weight is 615 g/mol. The fraction of sp³-hybridized carbons (Fsp3) is 0.512. The van der Waals surface area contributed by atoms with Gasteiger partial charge in [0, 0.05) is 0 Å². The Kier molecular flexibility index (Phi) is 17.5.